The van der Waals surface area contributed by atoms with Gasteiger partial charge in [0, 0.05) is 37.0 Å². The first-order chi connectivity index (χ1) is 12.5. The van der Waals surface area contributed by atoms with Crippen LogP contribution in [0.1, 0.15) is 10.4 Å². The molecular weight excluding hydrogens is 338 g/mol. The normalized spacial score (nSPS) is 10.4. The lowest BCUT2D eigenvalue weighted by molar-refractivity contribution is -0.384. The average molecular weight is 357 g/mol. The largest absolute Gasteiger partial charge is 0.493 e. The molecule has 0 fully saturated rings. The molecule has 2 N–H and O–H groups in total. The summed E-state index contributed by atoms with van der Waals surface area (Å²) < 4.78 is 10.3. The van der Waals surface area contributed by atoms with Gasteiger partial charge in [-0.2, -0.15) is 0 Å². The standard InChI is InChI=1S/C18H19N3O5/c1-19-15-11-13(21(23)24)5-6-14(15)20-9-8-16(22)12-4-7-17(25-2)18(10-12)26-3/h4-11,19-20H,1-3H3. The van der Waals surface area contributed by atoms with Crippen molar-refractivity contribution in [2.75, 3.05) is 31.9 Å². The van der Waals surface area contributed by atoms with E-state index < -0.39 is 4.92 Å². The number of nitrogens with zero attached hydrogens (tertiary/aromatic N) is 1. The van der Waals surface area contributed by atoms with Gasteiger partial charge >= 0.3 is 0 Å². The number of hydrogen-bond acceptors (Lipinski definition) is 7. The number of benzene rings is 2. The molecule has 0 saturated heterocycles. The first-order valence-electron chi connectivity index (χ1n) is 7.65. The lowest BCUT2D eigenvalue weighted by Crippen LogP contribution is -2.00. The zero-order valence-electron chi connectivity index (χ0n) is 14.6. The van der Waals surface area contributed by atoms with Gasteiger partial charge in [0.1, 0.15) is 0 Å². The van der Waals surface area contributed by atoms with Crippen molar-refractivity contribution in [3.63, 3.8) is 0 Å². The molecule has 0 aliphatic carbocycles. The second-order valence-electron chi connectivity index (χ2n) is 5.15. The van der Waals surface area contributed by atoms with Gasteiger partial charge in [0.15, 0.2) is 17.3 Å². The van der Waals surface area contributed by atoms with Gasteiger partial charge in [-0.1, -0.05) is 0 Å². The van der Waals surface area contributed by atoms with Crippen LogP contribution in [-0.2, 0) is 0 Å². The molecule has 0 spiro atoms. The maximum Gasteiger partial charge on any atom is 0.271 e. The fraction of sp³-hybridized carbons (Fsp3) is 0.167. The Morgan fingerprint density at radius 3 is 2.42 bits per heavy atom. The van der Waals surface area contributed by atoms with Crippen molar-refractivity contribution in [2.45, 2.75) is 0 Å². The molecule has 8 nitrogen and oxygen atoms in total. The van der Waals surface area contributed by atoms with E-state index in [0.717, 1.165) is 0 Å². The van der Waals surface area contributed by atoms with E-state index in [1.807, 2.05) is 0 Å². The maximum atomic E-state index is 12.3. The Hall–Kier alpha value is -3.55. The molecule has 26 heavy (non-hydrogen) atoms. The highest BCUT2D eigenvalue weighted by Gasteiger charge is 2.10. The highest BCUT2D eigenvalue weighted by Crippen LogP contribution is 2.28. The highest BCUT2D eigenvalue weighted by molar-refractivity contribution is 6.05. The number of non-ortho nitro benzene ring substituents is 1. The molecule has 0 saturated carbocycles. The number of anilines is 2. The van der Waals surface area contributed by atoms with Gasteiger partial charge in [-0.15, -0.1) is 0 Å². The minimum Gasteiger partial charge on any atom is -0.493 e. The van der Waals surface area contributed by atoms with Crippen molar-refractivity contribution in [1.82, 2.24) is 0 Å². The Bertz CT molecular complexity index is 849. The summed E-state index contributed by atoms with van der Waals surface area (Å²) in [5, 5.41) is 16.6. The third-order valence-corrected chi connectivity index (χ3v) is 3.62. The third-order valence-electron chi connectivity index (χ3n) is 3.62. The first kappa shape index (κ1) is 18.8. The van der Waals surface area contributed by atoms with Crippen molar-refractivity contribution in [3.8, 4) is 11.5 Å². The summed E-state index contributed by atoms with van der Waals surface area (Å²) >= 11 is 0. The zero-order chi connectivity index (χ0) is 19.1. The van der Waals surface area contributed by atoms with Crippen LogP contribution in [0.2, 0.25) is 0 Å². The first-order valence-corrected chi connectivity index (χ1v) is 7.65. The van der Waals surface area contributed by atoms with Crippen molar-refractivity contribution in [1.29, 1.82) is 0 Å². The second kappa shape index (κ2) is 8.52. The number of nitro groups is 1. The van der Waals surface area contributed by atoms with Crippen LogP contribution < -0.4 is 20.1 Å². The van der Waals surface area contributed by atoms with Crippen LogP contribution >= 0.6 is 0 Å². The molecule has 0 atom stereocenters. The summed E-state index contributed by atoms with van der Waals surface area (Å²) in [6, 6.07) is 9.24. The van der Waals surface area contributed by atoms with Crippen LogP contribution in [0.4, 0.5) is 17.1 Å². The minimum atomic E-state index is -0.471. The van der Waals surface area contributed by atoms with Crippen LogP contribution in [0.25, 0.3) is 0 Å². The summed E-state index contributed by atoms with van der Waals surface area (Å²) in [4.78, 5) is 22.6. The predicted octanol–water partition coefficient (Wildman–Crippen LogP) is 3.46. The van der Waals surface area contributed by atoms with E-state index in [2.05, 4.69) is 10.6 Å². The topological polar surface area (TPSA) is 103 Å². The number of ether oxygens (including phenoxy) is 2. The number of nitro benzene ring substituents is 1. The molecule has 2 aromatic carbocycles. The Labute approximate surface area is 150 Å². The molecule has 0 radical (unpaired) electrons. The molecule has 0 unspecified atom stereocenters. The smallest absolute Gasteiger partial charge is 0.271 e. The number of carbonyl (C=O) groups is 1. The summed E-state index contributed by atoms with van der Waals surface area (Å²) in [5.41, 5.74) is 1.57. The number of nitrogens with one attached hydrogen (secondary N) is 2. The van der Waals surface area contributed by atoms with Gasteiger partial charge in [-0.25, -0.2) is 0 Å². The molecule has 0 aliphatic heterocycles. The number of hydrogen-bond donors (Lipinski definition) is 2. The fourth-order valence-corrected chi connectivity index (χ4v) is 2.27. The van der Waals surface area contributed by atoms with Crippen LogP contribution in [0.3, 0.4) is 0 Å². The van der Waals surface area contributed by atoms with Gasteiger partial charge < -0.3 is 20.1 Å². The van der Waals surface area contributed by atoms with Crippen molar-refractivity contribution in [3.05, 3.63) is 64.4 Å². The fourth-order valence-electron chi connectivity index (χ4n) is 2.27. The third kappa shape index (κ3) is 4.29. The lowest BCUT2D eigenvalue weighted by atomic mass is 10.1. The maximum absolute atomic E-state index is 12.3. The van der Waals surface area contributed by atoms with Gasteiger partial charge in [0.05, 0.1) is 30.5 Å². The molecule has 2 rings (SSSR count). The SMILES string of the molecule is CNc1cc([N+](=O)[O-])ccc1NC=CC(=O)c1ccc(OC)c(OC)c1. The Balaban J connectivity index is 2.13. The lowest BCUT2D eigenvalue weighted by Gasteiger charge is -2.09. The Morgan fingerprint density at radius 1 is 1.08 bits per heavy atom. The van der Waals surface area contributed by atoms with Crippen LogP contribution in [-0.4, -0.2) is 32.0 Å². The van der Waals surface area contributed by atoms with E-state index in [4.69, 9.17) is 9.47 Å². The summed E-state index contributed by atoms with van der Waals surface area (Å²) in [7, 11) is 4.67. The summed E-state index contributed by atoms with van der Waals surface area (Å²) in [6.45, 7) is 0. The highest BCUT2D eigenvalue weighted by atomic mass is 16.6. The average Bonchev–Trinajstić information content (AvgIpc) is 2.67. The van der Waals surface area contributed by atoms with E-state index in [1.54, 1.807) is 31.3 Å². The monoisotopic (exact) mass is 357 g/mol. The molecule has 0 amide bonds. The zero-order valence-corrected chi connectivity index (χ0v) is 14.6. The number of rotatable bonds is 8. The van der Waals surface area contributed by atoms with Crippen LogP contribution in [0.15, 0.2) is 48.7 Å². The molecule has 136 valence electrons. The molecule has 0 aromatic heterocycles. The van der Waals surface area contributed by atoms with Gasteiger partial charge in [-0.3, -0.25) is 14.9 Å². The molecule has 8 heteroatoms. The summed E-state index contributed by atoms with van der Waals surface area (Å²) in [6.07, 6.45) is 2.84. The molecule has 0 heterocycles. The quantitative estimate of drug-likeness (QED) is 0.323. The van der Waals surface area contributed by atoms with E-state index in [9.17, 15) is 14.9 Å². The number of methoxy groups -OCH3 is 2. The Kier molecular flexibility index (Phi) is 6.15. The summed E-state index contributed by atoms with van der Waals surface area (Å²) in [5.74, 6) is 0.773. The van der Waals surface area contributed by atoms with Crippen molar-refractivity contribution in [2.24, 2.45) is 0 Å². The minimum absolute atomic E-state index is 0.0229. The van der Waals surface area contributed by atoms with Crippen molar-refractivity contribution < 1.29 is 19.2 Å². The second-order valence-corrected chi connectivity index (χ2v) is 5.15. The van der Waals surface area contributed by atoms with E-state index >= 15 is 0 Å². The molecular formula is C18H19N3O5. The number of carbonyl (C=O) groups excluding carboxylic acids is 1. The van der Waals surface area contributed by atoms with Gasteiger partial charge in [0.2, 0.25) is 0 Å². The molecule has 0 bridgehead atoms. The molecule has 0 aliphatic rings. The van der Waals surface area contributed by atoms with Gasteiger partial charge in [0.25, 0.3) is 5.69 Å². The number of ketones is 1. The Morgan fingerprint density at radius 2 is 1.81 bits per heavy atom. The van der Waals surface area contributed by atoms with Gasteiger partial charge in [-0.05, 0) is 24.3 Å². The van der Waals surface area contributed by atoms with E-state index in [0.29, 0.717) is 28.4 Å². The van der Waals surface area contributed by atoms with Crippen molar-refractivity contribution >= 4 is 22.8 Å². The predicted molar refractivity (Wildman–Crippen MR) is 99.3 cm³/mol. The molecule has 2 aromatic rings. The number of allylic oxidation sites excluding steroid dienone is 1. The van der Waals surface area contributed by atoms with Crippen LogP contribution in [0.5, 0.6) is 11.5 Å². The van der Waals surface area contributed by atoms with E-state index in [-0.39, 0.29) is 11.5 Å². The van der Waals surface area contributed by atoms with E-state index in [1.165, 1.54) is 38.6 Å². The van der Waals surface area contributed by atoms with Crippen LogP contribution in [0, 0.1) is 10.1 Å².